The van der Waals surface area contributed by atoms with Crippen LogP contribution in [0.1, 0.15) is 13.3 Å². The van der Waals surface area contributed by atoms with E-state index in [0.29, 0.717) is 12.6 Å². The van der Waals surface area contributed by atoms with Gasteiger partial charge in [0.25, 0.3) is 0 Å². The Hall–Kier alpha value is -2.28. The van der Waals surface area contributed by atoms with Crippen molar-refractivity contribution in [3.63, 3.8) is 0 Å². The van der Waals surface area contributed by atoms with Crippen molar-refractivity contribution >= 4 is 29.0 Å². The normalized spacial score (nSPS) is 12.5. The maximum absolute atomic E-state index is 13.2. The molecule has 0 saturated carbocycles. The van der Waals surface area contributed by atoms with Crippen LogP contribution in [0.15, 0.2) is 91.0 Å². The zero-order valence-corrected chi connectivity index (χ0v) is 16.6. The zero-order chi connectivity index (χ0) is 19.1. The number of Topliss-reactive ketones (excluding diaryl/α,β-unsaturated/α-hetero) is 1. The molecule has 0 aliphatic carbocycles. The Labute approximate surface area is 162 Å². The summed E-state index contributed by atoms with van der Waals surface area (Å²) in [7, 11) is -2.12. The lowest BCUT2D eigenvalue weighted by atomic mass is 10.1. The van der Waals surface area contributed by atoms with Crippen molar-refractivity contribution in [2.45, 2.75) is 13.3 Å². The van der Waals surface area contributed by atoms with Crippen molar-refractivity contribution in [2.24, 2.45) is 5.92 Å². The van der Waals surface area contributed by atoms with Gasteiger partial charge < -0.3 is 5.11 Å². The molecule has 138 valence electrons. The molecule has 1 atom stereocenters. The molecule has 0 aromatic heterocycles. The number of carbonyl (C=O) groups excluding carboxylic acids is 1. The highest BCUT2D eigenvalue weighted by molar-refractivity contribution is 7.96. The molecule has 3 aromatic carbocycles. The zero-order valence-electron chi connectivity index (χ0n) is 15.7. The number of benzene rings is 3. The maximum atomic E-state index is 13.2. The van der Waals surface area contributed by atoms with Crippen LogP contribution in [-0.4, -0.2) is 23.7 Å². The van der Waals surface area contributed by atoms with Gasteiger partial charge >= 0.3 is 0 Å². The Morgan fingerprint density at radius 2 is 1.15 bits per heavy atom. The van der Waals surface area contributed by atoms with E-state index in [2.05, 4.69) is 72.8 Å². The number of carbonyl (C=O) groups is 1. The molecule has 3 heteroatoms. The highest BCUT2D eigenvalue weighted by Crippen LogP contribution is 2.55. The predicted octanol–water partition coefficient (Wildman–Crippen LogP) is 3.57. The minimum atomic E-state index is -2.12. The van der Waals surface area contributed by atoms with E-state index in [1.54, 1.807) is 0 Å². The second-order valence-corrected chi connectivity index (χ2v) is 10.3. The van der Waals surface area contributed by atoms with Crippen LogP contribution in [0.25, 0.3) is 0 Å². The van der Waals surface area contributed by atoms with Crippen LogP contribution in [0.4, 0.5) is 0 Å². The van der Waals surface area contributed by atoms with Crippen molar-refractivity contribution in [1.82, 2.24) is 0 Å². The van der Waals surface area contributed by atoms with Crippen LogP contribution in [-0.2, 0) is 4.79 Å². The van der Waals surface area contributed by atoms with E-state index in [-0.39, 0.29) is 18.3 Å². The Balaban J connectivity index is 2.21. The van der Waals surface area contributed by atoms with Crippen LogP contribution in [0.5, 0.6) is 0 Å². The summed E-state index contributed by atoms with van der Waals surface area (Å²) in [4.78, 5) is 13.2. The average molecular weight is 377 g/mol. The molecule has 3 rings (SSSR count). The monoisotopic (exact) mass is 377 g/mol. The fourth-order valence-corrected chi connectivity index (χ4v) is 7.78. The molecule has 0 amide bonds. The summed E-state index contributed by atoms with van der Waals surface area (Å²) in [6.07, 6.45) is 0.989. The molecule has 0 bridgehead atoms. The molecule has 0 heterocycles. The molecule has 0 aliphatic rings. The fraction of sp³-hybridized carbons (Fsp3) is 0.208. The first kappa shape index (κ1) is 19.5. The van der Waals surface area contributed by atoms with E-state index in [0.717, 1.165) is 0 Å². The van der Waals surface area contributed by atoms with Crippen molar-refractivity contribution in [1.29, 1.82) is 0 Å². The van der Waals surface area contributed by atoms with Crippen LogP contribution >= 0.6 is 7.26 Å². The number of hydrogen-bond acceptors (Lipinski definition) is 2. The smallest absolute Gasteiger partial charge is 0.173 e. The van der Waals surface area contributed by atoms with E-state index >= 15 is 0 Å². The van der Waals surface area contributed by atoms with Gasteiger partial charge in [-0.2, -0.15) is 0 Å². The van der Waals surface area contributed by atoms with E-state index < -0.39 is 7.26 Å². The topological polar surface area (TPSA) is 37.3 Å². The van der Waals surface area contributed by atoms with E-state index in [4.69, 9.17) is 0 Å². The molecule has 0 aliphatic heterocycles. The van der Waals surface area contributed by atoms with Gasteiger partial charge in [0.15, 0.2) is 5.78 Å². The molecule has 0 spiro atoms. The summed E-state index contributed by atoms with van der Waals surface area (Å²) < 4.78 is 0. The maximum Gasteiger partial charge on any atom is 0.173 e. The number of ketones is 1. The quantitative estimate of drug-likeness (QED) is 0.610. The molecule has 0 saturated heterocycles. The summed E-state index contributed by atoms with van der Waals surface area (Å²) in [6, 6.07) is 31.3. The average Bonchev–Trinajstić information content (AvgIpc) is 2.74. The summed E-state index contributed by atoms with van der Waals surface area (Å²) in [5, 5.41) is 12.9. The highest BCUT2D eigenvalue weighted by atomic mass is 31.2. The van der Waals surface area contributed by atoms with Gasteiger partial charge in [0.05, 0.1) is 0 Å². The molecular formula is C24H26O2P+. The van der Waals surface area contributed by atoms with Crippen LogP contribution in [0.3, 0.4) is 0 Å². The third-order valence-corrected chi connectivity index (χ3v) is 9.42. The minimum absolute atomic E-state index is 0.0420. The minimum Gasteiger partial charge on any atom is -0.396 e. The number of rotatable bonds is 8. The summed E-state index contributed by atoms with van der Waals surface area (Å²) >= 11 is 0. The van der Waals surface area contributed by atoms with Crippen LogP contribution < -0.4 is 15.9 Å². The van der Waals surface area contributed by atoms with Gasteiger partial charge in [-0.1, -0.05) is 61.5 Å². The lowest BCUT2D eigenvalue weighted by Crippen LogP contribution is -2.37. The van der Waals surface area contributed by atoms with Crippen LogP contribution in [0, 0.1) is 5.92 Å². The molecule has 1 N–H and O–H groups in total. The Morgan fingerprint density at radius 1 is 0.778 bits per heavy atom. The highest BCUT2D eigenvalue weighted by Gasteiger charge is 2.47. The number of hydrogen-bond donors (Lipinski definition) is 1. The number of aliphatic hydroxyl groups excluding tert-OH is 1. The molecular weight excluding hydrogens is 351 g/mol. The standard InChI is InChI=1S/C24H26O2P/c1-20(17-18-25)24(26)19-27(21-11-5-2-6-12-21,22-13-7-3-8-14-22)23-15-9-4-10-16-23/h2-16,20,25H,17-19H2,1H3/q+1. The molecule has 3 aromatic rings. The third-order valence-electron chi connectivity index (χ3n) is 5.10. The Kier molecular flexibility index (Phi) is 6.55. The van der Waals surface area contributed by atoms with Gasteiger partial charge in [0, 0.05) is 12.5 Å². The summed E-state index contributed by atoms with van der Waals surface area (Å²) in [6.45, 7) is 1.97. The van der Waals surface area contributed by atoms with Crippen molar-refractivity contribution in [3.05, 3.63) is 91.0 Å². The summed E-state index contributed by atoms with van der Waals surface area (Å²) in [5.41, 5.74) is 0. The van der Waals surface area contributed by atoms with E-state index in [1.165, 1.54) is 15.9 Å². The van der Waals surface area contributed by atoms with Crippen LogP contribution in [0.2, 0.25) is 0 Å². The largest absolute Gasteiger partial charge is 0.396 e. The van der Waals surface area contributed by atoms with Gasteiger partial charge in [-0.3, -0.25) is 4.79 Å². The predicted molar refractivity (Wildman–Crippen MR) is 116 cm³/mol. The number of aliphatic hydroxyl groups is 1. The van der Waals surface area contributed by atoms with Gasteiger partial charge in [-0.15, -0.1) is 0 Å². The van der Waals surface area contributed by atoms with Gasteiger partial charge in [0.1, 0.15) is 29.3 Å². The lowest BCUT2D eigenvalue weighted by Gasteiger charge is -2.28. The lowest BCUT2D eigenvalue weighted by molar-refractivity contribution is -0.120. The first-order valence-corrected chi connectivity index (χ1v) is 11.3. The SMILES string of the molecule is CC(CCO)C(=O)C[P+](c1ccccc1)(c1ccccc1)c1ccccc1. The molecule has 27 heavy (non-hydrogen) atoms. The molecule has 0 fully saturated rings. The van der Waals surface area contributed by atoms with E-state index in [1.807, 2.05) is 25.1 Å². The summed E-state index contributed by atoms with van der Waals surface area (Å²) in [5.74, 6) is 0.0689. The molecule has 1 unspecified atom stereocenters. The second-order valence-electron chi connectivity index (χ2n) is 6.85. The first-order valence-electron chi connectivity index (χ1n) is 9.37. The van der Waals surface area contributed by atoms with Crippen molar-refractivity contribution < 1.29 is 9.90 Å². The van der Waals surface area contributed by atoms with E-state index in [9.17, 15) is 9.90 Å². The Morgan fingerprint density at radius 3 is 1.48 bits per heavy atom. The Bertz CT molecular complexity index is 751. The third kappa shape index (κ3) is 4.18. The van der Waals surface area contributed by atoms with Gasteiger partial charge in [-0.25, -0.2) is 0 Å². The van der Waals surface area contributed by atoms with Gasteiger partial charge in [-0.05, 0) is 42.8 Å². The first-order chi connectivity index (χ1) is 13.2. The molecule has 0 radical (unpaired) electrons. The van der Waals surface area contributed by atoms with Crippen molar-refractivity contribution in [2.75, 3.05) is 12.8 Å². The van der Waals surface area contributed by atoms with Crippen molar-refractivity contribution in [3.8, 4) is 0 Å². The second kappa shape index (κ2) is 9.08. The van der Waals surface area contributed by atoms with Gasteiger partial charge in [0.2, 0.25) is 0 Å². The molecule has 2 nitrogen and oxygen atoms in total. The fourth-order valence-electron chi connectivity index (χ4n) is 3.51.